The van der Waals surface area contributed by atoms with Crippen LogP contribution in [0.2, 0.25) is 0 Å². The summed E-state index contributed by atoms with van der Waals surface area (Å²) in [5.74, 6) is 3.66. The van der Waals surface area contributed by atoms with Gasteiger partial charge in [-0.05, 0) is 36.5 Å². The Balaban J connectivity index is 2.31. The molecule has 0 amide bonds. The lowest BCUT2D eigenvalue weighted by molar-refractivity contribution is 0.466. The number of unbranched alkanes of at least 4 members (excludes halogenated alkanes) is 5. The minimum Gasteiger partial charge on any atom is -0.507 e. The number of rotatable bonds is 11. The first-order valence-electron chi connectivity index (χ1n) is 8.07. The van der Waals surface area contributed by atoms with Gasteiger partial charge in [-0.15, -0.1) is 0 Å². The van der Waals surface area contributed by atoms with E-state index in [1.165, 1.54) is 49.8 Å². The lowest BCUT2D eigenvalue weighted by atomic mass is 10.1. The van der Waals surface area contributed by atoms with Gasteiger partial charge in [-0.3, -0.25) is 0 Å². The number of hydrogen-bond acceptors (Lipinski definition) is 3. The number of benzene rings is 1. The van der Waals surface area contributed by atoms with E-state index in [2.05, 4.69) is 25.3 Å². The van der Waals surface area contributed by atoms with Gasteiger partial charge in [0.05, 0.1) is 0 Å². The van der Waals surface area contributed by atoms with Gasteiger partial charge in [0, 0.05) is 17.1 Å². The van der Waals surface area contributed by atoms with Crippen molar-refractivity contribution in [1.29, 1.82) is 0 Å². The smallest absolute Gasteiger partial charge is 0.122 e. The highest BCUT2D eigenvalue weighted by molar-refractivity contribution is 7.98. The third-order valence-corrected chi connectivity index (χ3v) is 5.36. The highest BCUT2D eigenvalue weighted by Crippen LogP contribution is 2.29. The van der Waals surface area contributed by atoms with Crippen molar-refractivity contribution in [2.45, 2.75) is 63.9 Å². The predicted octanol–water partition coefficient (Wildman–Crippen LogP) is 6.16. The molecule has 0 spiro atoms. The summed E-state index contributed by atoms with van der Waals surface area (Å²) in [5, 5.41) is 10.2. The van der Waals surface area contributed by atoms with E-state index in [1.54, 1.807) is 0 Å². The molecule has 0 bridgehead atoms. The molecule has 3 heteroatoms. The summed E-state index contributed by atoms with van der Waals surface area (Å²) in [7, 11) is 0. The molecule has 120 valence electrons. The average Bonchev–Trinajstić information content (AvgIpc) is 2.47. The third-order valence-electron chi connectivity index (χ3n) is 3.65. The van der Waals surface area contributed by atoms with Crippen LogP contribution in [0.3, 0.4) is 0 Å². The van der Waals surface area contributed by atoms with Crippen LogP contribution in [0.5, 0.6) is 5.75 Å². The van der Waals surface area contributed by atoms with Crippen LogP contribution in [0, 0.1) is 6.92 Å². The fourth-order valence-corrected chi connectivity index (χ4v) is 3.95. The maximum atomic E-state index is 10.2. The van der Waals surface area contributed by atoms with Crippen LogP contribution < -0.4 is 0 Å². The van der Waals surface area contributed by atoms with E-state index >= 15 is 0 Å². The summed E-state index contributed by atoms with van der Waals surface area (Å²) in [6.07, 6.45) is 10.2. The molecule has 1 rings (SSSR count). The van der Waals surface area contributed by atoms with Crippen molar-refractivity contribution in [3.63, 3.8) is 0 Å². The molecule has 1 aromatic carbocycles. The summed E-state index contributed by atoms with van der Waals surface area (Å²) in [6.45, 7) is 4.26. The lowest BCUT2D eigenvalue weighted by Crippen LogP contribution is -1.91. The number of phenols is 1. The van der Waals surface area contributed by atoms with E-state index in [-0.39, 0.29) is 0 Å². The van der Waals surface area contributed by atoms with Gasteiger partial charge in [-0.25, -0.2) is 0 Å². The number of phenolic OH excluding ortho intramolecular Hbond substituents is 1. The fraction of sp³-hybridized carbons (Fsp3) is 0.667. The number of aryl methyl sites for hydroxylation is 1. The summed E-state index contributed by atoms with van der Waals surface area (Å²) >= 11 is 3.78. The van der Waals surface area contributed by atoms with Gasteiger partial charge in [-0.1, -0.05) is 51.2 Å². The Morgan fingerprint density at radius 1 is 1.00 bits per heavy atom. The van der Waals surface area contributed by atoms with Gasteiger partial charge >= 0.3 is 0 Å². The first-order valence-corrected chi connectivity index (χ1v) is 10.6. The van der Waals surface area contributed by atoms with E-state index in [1.807, 2.05) is 30.4 Å². The van der Waals surface area contributed by atoms with Crippen LogP contribution in [-0.2, 0) is 11.5 Å². The second-order valence-electron chi connectivity index (χ2n) is 5.67. The Bertz CT molecular complexity index is 404. The van der Waals surface area contributed by atoms with Crippen molar-refractivity contribution in [2.24, 2.45) is 0 Å². The Labute approximate surface area is 139 Å². The lowest BCUT2D eigenvalue weighted by Gasteiger charge is -2.10. The van der Waals surface area contributed by atoms with Gasteiger partial charge in [0.15, 0.2) is 0 Å². The molecule has 0 aliphatic rings. The normalized spacial score (nSPS) is 11.0. The van der Waals surface area contributed by atoms with E-state index in [0.717, 1.165) is 22.6 Å². The monoisotopic (exact) mass is 326 g/mol. The number of aromatic hydroxyl groups is 1. The Morgan fingerprint density at radius 2 is 1.71 bits per heavy atom. The van der Waals surface area contributed by atoms with Crippen LogP contribution in [0.4, 0.5) is 0 Å². The van der Waals surface area contributed by atoms with Crippen molar-refractivity contribution in [3.8, 4) is 5.75 Å². The zero-order chi connectivity index (χ0) is 15.5. The van der Waals surface area contributed by atoms with E-state index in [9.17, 15) is 5.11 Å². The quantitative estimate of drug-likeness (QED) is 0.492. The molecule has 1 aromatic rings. The molecule has 0 fully saturated rings. The fourth-order valence-electron chi connectivity index (χ4n) is 2.46. The highest BCUT2D eigenvalue weighted by atomic mass is 32.2. The summed E-state index contributed by atoms with van der Waals surface area (Å²) in [6, 6.07) is 4.28. The van der Waals surface area contributed by atoms with Gasteiger partial charge in [0.25, 0.3) is 0 Å². The summed E-state index contributed by atoms with van der Waals surface area (Å²) in [5.41, 5.74) is 3.44. The molecule has 0 aliphatic carbocycles. The average molecular weight is 327 g/mol. The SMILES string of the molecule is CCCCCCCCSCc1cc(CSC)cc(C)c1O. The molecule has 0 aromatic heterocycles. The van der Waals surface area contributed by atoms with Crippen molar-refractivity contribution in [1.82, 2.24) is 0 Å². The molecule has 0 atom stereocenters. The minimum absolute atomic E-state index is 0.496. The zero-order valence-corrected chi connectivity index (χ0v) is 15.4. The van der Waals surface area contributed by atoms with Crippen molar-refractivity contribution < 1.29 is 5.11 Å². The molecule has 0 radical (unpaired) electrons. The number of hydrogen-bond donors (Lipinski definition) is 1. The molecular formula is C18H30OS2. The molecular weight excluding hydrogens is 296 g/mol. The van der Waals surface area contributed by atoms with Gasteiger partial charge in [-0.2, -0.15) is 23.5 Å². The van der Waals surface area contributed by atoms with Crippen molar-refractivity contribution >= 4 is 23.5 Å². The first-order chi connectivity index (χ1) is 10.2. The molecule has 0 aliphatic heterocycles. The van der Waals surface area contributed by atoms with Crippen molar-refractivity contribution in [2.75, 3.05) is 12.0 Å². The molecule has 21 heavy (non-hydrogen) atoms. The highest BCUT2D eigenvalue weighted by Gasteiger charge is 2.07. The van der Waals surface area contributed by atoms with Crippen LogP contribution >= 0.6 is 23.5 Å². The molecule has 1 nitrogen and oxygen atoms in total. The maximum Gasteiger partial charge on any atom is 0.122 e. The molecule has 0 unspecified atom stereocenters. The van der Waals surface area contributed by atoms with Crippen LogP contribution in [0.15, 0.2) is 12.1 Å². The molecule has 0 saturated heterocycles. The molecule has 0 heterocycles. The van der Waals surface area contributed by atoms with E-state index in [0.29, 0.717) is 5.75 Å². The maximum absolute atomic E-state index is 10.2. The van der Waals surface area contributed by atoms with Gasteiger partial charge in [0.1, 0.15) is 5.75 Å². The Morgan fingerprint density at radius 3 is 2.43 bits per heavy atom. The van der Waals surface area contributed by atoms with Crippen LogP contribution in [-0.4, -0.2) is 17.1 Å². The van der Waals surface area contributed by atoms with Gasteiger partial charge < -0.3 is 5.11 Å². The third kappa shape index (κ3) is 7.51. The van der Waals surface area contributed by atoms with Crippen LogP contribution in [0.1, 0.15) is 62.1 Å². The summed E-state index contributed by atoms with van der Waals surface area (Å²) in [4.78, 5) is 0. The predicted molar refractivity (Wildman–Crippen MR) is 99.6 cm³/mol. The minimum atomic E-state index is 0.496. The van der Waals surface area contributed by atoms with Gasteiger partial charge in [0.2, 0.25) is 0 Å². The second kappa shape index (κ2) is 11.3. The first kappa shape index (κ1) is 18.8. The molecule has 0 saturated carbocycles. The summed E-state index contributed by atoms with van der Waals surface area (Å²) < 4.78 is 0. The Kier molecular flexibility index (Phi) is 10.1. The van der Waals surface area contributed by atoms with Crippen molar-refractivity contribution in [3.05, 3.63) is 28.8 Å². The zero-order valence-electron chi connectivity index (χ0n) is 13.8. The molecule has 1 N–H and O–H groups in total. The second-order valence-corrected chi connectivity index (χ2v) is 7.65. The topological polar surface area (TPSA) is 20.2 Å². The Hall–Kier alpha value is -0.280. The van der Waals surface area contributed by atoms with E-state index < -0.39 is 0 Å². The largest absolute Gasteiger partial charge is 0.507 e. The van der Waals surface area contributed by atoms with Crippen LogP contribution in [0.25, 0.3) is 0 Å². The van der Waals surface area contributed by atoms with E-state index in [4.69, 9.17) is 0 Å². The number of thioether (sulfide) groups is 2. The standard InChI is InChI=1S/C18H30OS2/c1-4-5-6-7-8-9-10-21-14-17-12-16(13-20-3)11-15(2)18(17)19/h11-12,19H,4-10,13-14H2,1-3H3.